The maximum Gasteiger partial charge on any atom is 0.325 e. The smallest absolute Gasteiger partial charge is 0.325 e. The molecule has 156 valence electrons. The van der Waals surface area contributed by atoms with Crippen LogP contribution in [-0.4, -0.2) is 17.7 Å². The summed E-state index contributed by atoms with van der Waals surface area (Å²) < 4.78 is 6.40. The summed E-state index contributed by atoms with van der Waals surface area (Å²) >= 11 is 5.97. The van der Waals surface area contributed by atoms with Gasteiger partial charge in [0.1, 0.15) is 11.7 Å². The molecule has 2 aliphatic rings. The van der Waals surface area contributed by atoms with Gasteiger partial charge in [0.15, 0.2) is 0 Å². The van der Waals surface area contributed by atoms with Crippen molar-refractivity contribution in [3.05, 3.63) is 89.4 Å². The van der Waals surface area contributed by atoms with Crippen LogP contribution in [0.2, 0.25) is 5.02 Å². The second kappa shape index (κ2) is 7.32. The molecular weight excluding hydrogens is 414 g/mol. The number of fused-ring (bicyclic) bond motifs is 4. The van der Waals surface area contributed by atoms with Crippen LogP contribution in [0, 0.1) is 5.92 Å². The second-order valence-corrected chi connectivity index (χ2v) is 8.20. The summed E-state index contributed by atoms with van der Waals surface area (Å²) in [6.45, 7) is 1.79. The lowest BCUT2D eigenvalue weighted by atomic mass is 9.78. The van der Waals surface area contributed by atoms with Crippen molar-refractivity contribution in [2.75, 3.05) is 10.2 Å². The zero-order valence-electron chi connectivity index (χ0n) is 16.7. The third-order valence-corrected chi connectivity index (χ3v) is 6.07. The zero-order valence-corrected chi connectivity index (χ0v) is 17.5. The van der Waals surface area contributed by atoms with E-state index in [0.29, 0.717) is 22.1 Å². The van der Waals surface area contributed by atoms with Crippen LogP contribution in [-0.2, 0) is 4.79 Å². The lowest BCUT2D eigenvalue weighted by Gasteiger charge is -2.54. The molecule has 3 atom stereocenters. The van der Waals surface area contributed by atoms with E-state index in [2.05, 4.69) is 10.6 Å². The van der Waals surface area contributed by atoms with Gasteiger partial charge in [-0.15, -0.1) is 0 Å². The van der Waals surface area contributed by atoms with Crippen molar-refractivity contribution in [3.8, 4) is 5.75 Å². The molecule has 3 aromatic carbocycles. The number of amides is 3. The monoisotopic (exact) mass is 433 g/mol. The molecule has 2 bridgehead atoms. The maximum atomic E-state index is 13.6. The Morgan fingerprint density at radius 1 is 1.03 bits per heavy atom. The predicted octanol–water partition coefficient (Wildman–Crippen LogP) is 4.97. The van der Waals surface area contributed by atoms with Crippen LogP contribution in [0.3, 0.4) is 0 Å². The number of urea groups is 1. The van der Waals surface area contributed by atoms with Crippen LogP contribution in [0.1, 0.15) is 18.5 Å². The molecule has 5 rings (SSSR count). The number of halogens is 1. The topological polar surface area (TPSA) is 70.7 Å². The molecule has 31 heavy (non-hydrogen) atoms. The largest absolute Gasteiger partial charge is 0.466 e. The Kier molecular flexibility index (Phi) is 4.59. The Hall–Kier alpha value is -3.51. The average molecular weight is 434 g/mol. The SMILES string of the molecule is C[C@@]12Oc3ccccc3[C@@H](NC(=O)N1c1ccccc1)[C@H]2C(=O)Nc1ccc(Cl)cc1. The molecular formula is C24H20ClN3O3. The summed E-state index contributed by atoms with van der Waals surface area (Å²) in [4.78, 5) is 28.3. The van der Waals surface area contributed by atoms with Gasteiger partial charge in [0.25, 0.3) is 0 Å². The van der Waals surface area contributed by atoms with E-state index in [1.807, 2.05) is 54.6 Å². The fraction of sp³-hybridized carbons (Fsp3) is 0.167. The molecule has 0 aromatic heterocycles. The highest BCUT2D eigenvalue weighted by Crippen LogP contribution is 2.49. The minimum atomic E-state index is -1.24. The third kappa shape index (κ3) is 3.20. The first-order chi connectivity index (χ1) is 15.0. The van der Waals surface area contributed by atoms with E-state index in [1.54, 1.807) is 31.2 Å². The number of ether oxygens (including phenoxy) is 1. The van der Waals surface area contributed by atoms with Crippen molar-refractivity contribution in [1.29, 1.82) is 0 Å². The number of carbonyl (C=O) groups excluding carboxylic acids is 2. The van der Waals surface area contributed by atoms with E-state index < -0.39 is 17.7 Å². The van der Waals surface area contributed by atoms with Gasteiger partial charge in [-0.2, -0.15) is 0 Å². The highest BCUT2D eigenvalue weighted by molar-refractivity contribution is 6.30. The molecule has 0 saturated carbocycles. The number of nitrogens with zero attached hydrogens (tertiary/aromatic N) is 1. The van der Waals surface area contributed by atoms with Gasteiger partial charge in [-0.3, -0.25) is 9.69 Å². The van der Waals surface area contributed by atoms with Gasteiger partial charge in [-0.1, -0.05) is 48.0 Å². The maximum absolute atomic E-state index is 13.6. The van der Waals surface area contributed by atoms with Gasteiger partial charge in [0.05, 0.1) is 6.04 Å². The number of hydrogen-bond acceptors (Lipinski definition) is 3. The molecule has 2 N–H and O–H groups in total. The van der Waals surface area contributed by atoms with Crippen LogP contribution in [0.25, 0.3) is 0 Å². The number of anilines is 2. The van der Waals surface area contributed by atoms with Crippen LogP contribution in [0.15, 0.2) is 78.9 Å². The minimum Gasteiger partial charge on any atom is -0.466 e. The molecule has 3 amide bonds. The van der Waals surface area contributed by atoms with E-state index in [9.17, 15) is 9.59 Å². The van der Waals surface area contributed by atoms with E-state index in [0.717, 1.165) is 5.56 Å². The van der Waals surface area contributed by atoms with Crippen LogP contribution in [0.5, 0.6) is 5.75 Å². The molecule has 6 nitrogen and oxygen atoms in total. The summed E-state index contributed by atoms with van der Waals surface area (Å²) in [5.74, 6) is -0.326. The molecule has 0 unspecified atom stereocenters. The standard InChI is InChI=1S/C24H20ClN3O3/c1-24-20(22(29)26-16-13-11-15(25)12-14-16)21(18-9-5-6-10-19(18)31-24)27-23(30)28(24)17-7-3-2-4-8-17/h2-14,20-21H,1H3,(H,26,29)(H,27,30)/t20-,21+,24-/m0/s1. The quantitative estimate of drug-likeness (QED) is 0.612. The average Bonchev–Trinajstić information content (AvgIpc) is 2.75. The molecule has 0 aliphatic carbocycles. The number of hydrogen-bond donors (Lipinski definition) is 2. The van der Waals surface area contributed by atoms with Crippen LogP contribution < -0.4 is 20.3 Å². The lowest BCUT2D eigenvalue weighted by molar-refractivity contribution is -0.131. The van der Waals surface area contributed by atoms with Gasteiger partial charge in [0, 0.05) is 22.0 Å². The van der Waals surface area contributed by atoms with Crippen molar-refractivity contribution in [1.82, 2.24) is 5.32 Å². The number of nitrogens with one attached hydrogen (secondary N) is 2. The molecule has 2 heterocycles. The highest BCUT2D eigenvalue weighted by atomic mass is 35.5. The predicted molar refractivity (Wildman–Crippen MR) is 119 cm³/mol. The normalized spacial score (nSPS) is 23.9. The number of rotatable bonds is 3. The lowest BCUT2D eigenvalue weighted by Crippen LogP contribution is -2.72. The van der Waals surface area contributed by atoms with Gasteiger partial charge in [-0.25, -0.2) is 4.79 Å². The summed E-state index contributed by atoms with van der Waals surface area (Å²) in [6, 6.07) is 22.7. The Balaban J connectivity index is 1.60. The molecule has 2 aliphatic heterocycles. The van der Waals surface area contributed by atoms with Gasteiger partial charge < -0.3 is 15.4 Å². The molecule has 7 heteroatoms. The summed E-state index contributed by atoms with van der Waals surface area (Å²) in [6.07, 6.45) is 0. The van der Waals surface area contributed by atoms with E-state index in [1.165, 1.54) is 4.90 Å². The number of benzene rings is 3. The van der Waals surface area contributed by atoms with Crippen LogP contribution in [0.4, 0.5) is 16.2 Å². The summed E-state index contributed by atoms with van der Waals surface area (Å²) in [5.41, 5.74) is 0.800. The van der Waals surface area contributed by atoms with Crippen molar-refractivity contribution >= 4 is 34.9 Å². The molecule has 1 fully saturated rings. The number of para-hydroxylation sites is 2. The fourth-order valence-electron chi connectivity index (χ4n) is 4.45. The van der Waals surface area contributed by atoms with Crippen molar-refractivity contribution < 1.29 is 14.3 Å². The molecule has 1 saturated heterocycles. The first-order valence-electron chi connectivity index (χ1n) is 9.97. The Labute approximate surface area is 184 Å². The Morgan fingerprint density at radius 2 is 1.71 bits per heavy atom. The highest BCUT2D eigenvalue weighted by Gasteiger charge is 2.60. The number of carbonyl (C=O) groups is 2. The Bertz CT molecular complexity index is 1150. The summed E-state index contributed by atoms with van der Waals surface area (Å²) in [7, 11) is 0. The molecule has 3 aromatic rings. The fourth-order valence-corrected chi connectivity index (χ4v) is 4.57. The van der Waals surface area contributed by atoms with E-state index >= 15 is 0 Å². The molecule has 0 radical (unpaired) electrons. The van der Waals surface area contributed by atoms with E-state index in [-0.39, 0.29) is 11.9 Å². The third-order valence-electron chi connectivity index (χ3n) is 5.82. The Morgan fingerprint density at radius 3 is 2.45 bits per heavy atom. The first-order valence-corrected chi connectivity index (χ1v) is 10.4. The minimum absolute atomic E-state index is 0.259. The van der Waals surface area contributed by atoms with Crippen molar-refractivity contribution in [2.24, 2.45) is 5.92 Å². The summed E-state index contributed by atoms with van der Waals surface area (Å²) in [5, 5.41) is 6.57. The van der Waals surface area contributed by atoms with Gasteiger partial charge in [0.2, 0.25) is 11.6 Å². The van der Waals surface area contributed by atoms with Crippen molar-refractivity contribution in [2.45, 2.75) is 18.7 Å². The zero-order chi connectivity index (χ0) is 21.6. The van der Waals surface area contributed by atoms with E-state index in [4.69, 9.17) is 16.3 Å². The second-order valence-electron chi connectivity index (χ2n) is 7.77. The van der Waals surface area contributed by atoms with Crippen molar-refractivity contribution in [3.63, 3.8) is 0 Å². The van der Waals surface area contributed by atoms with Gasteiger partial charge >= 0.3 is 6.03 Å². The first kappa shape index (κ1) is 19.5. The van der Waals surface area contributed by atoms with Gasteiger partial charge in [-0.05, 0) is 49.4 Å². The molecule has 0 spiro atoms. The van der Waals surface area contributed by atoms with Crippen LogP contribution >= 0.6 is 11.6 Å².